The average molecular weight is 385 g/mol. The van der Waals surface area contributed by atoms with Crippen molar-refractivity contribution < 1.29 is 4.79 Å². The first-order valence-electron chi connectivity index (χ1n) is 8.27. The van der Waals surface area contributed by atoms with Crippen molar-refractivity contribution in [3.8, 4) is 5.69 Å². The molecule has 1 heterocycles. The zero-order valence-electron chi connectivity index (χ0n) is 14.3. The maximum Gasteiger partial charge on any atom is 0.223 e. The van der Waals surface area contributed by atoms with Gasteiger partial charge in [0.15, 0.2) is 0 Å². The van der Waals surface area contributed by atoms with Crippen molar-refractivity contribution in [2.24, 2.45) is 11.7 Å². The molecule has 25 heavy (non-hydrogen) atoms. The number of carbonyl (C=O) groups excluding carboxylic acids is 1. The minimum Gasteiger partial charge on any atom is -0.349 e. The Morgan fingerprint density at radius 3 is 2.84 bits per heavy atom. The zero-order valence-corrected chi connectivity index (χ0v) is 15.9. The largest absolute Gasteiger partial charge is 0.349 e. The molecular formula is C18H26Cl2N4O. The van der Waals surface area contributed by atoms with Crippen LogP contribution in [0.15, 0.2) is 43.0 Å². The second-order valence-electron chi connectivity index (χ2n) is 6.42. The van der Waals surface area contributed by atoms with Crippen molar-refractivity contribution in [3.63, 3.8) is 0 Å². The van der Waals surface area contributed by atoms with Crippen molar-refractivity contribution in [2.75, 3.05) is 0 Å². The standard InChI is InChI=1S/C18H24N4O.2ClH/c1-13(21-18(23)15-5-2-6-16(19)10-15)14-4-3-7-17(11-14)22-9-8-20-12-22;;/h3-4,7-9,11-13,15-16H,2,5-6,10,19H2,1H3,(H,21,23);2*1H. The van der Waals surface area contributed by atoms with Gasteiger partial charge in [-0.3, -0.25) is 4.79 Å². The lowest BCUT2D eigenvalue weighted by Crippen LogP contribution is -2.38. The van der Waals surface area contributed by atoms with E-state index in [-0.39, 0.29) is 48.7 Å². The fourth-order valence-electron chi connectivity index (χ4n) is 3.25. The summed E-state index contributed by atoms with van der Waals surface area (Å²) in [6.07, 6.45) is 9.26. The topological polar surface area (TPSA) is 72.9 Å². The van der Waals surface area contributed by atoms with Gasteiger partial charge in [-0.15, -0.1) is 24.8 Å². The number of nitrogens with two attached hydrogens (primary N) is 1. The number of aromatic nitrogens is 2. The van der Waals surface area contributed by atoms with Crippen molar-refractivity contribution in [3.05, 3.63) is 48.5 Å². The smallest absolute Gasteiger partial charge is 0.223 e. The minimum absolute atomic E-state index is 0. The molecule has 3 unspecified atom stereocenters. The highest BCUT2D eigenvalue weighted by atomic mass is 35.5. The van der Waals surface area contributed by atoms with Crippen LogP contribution in [0.3, 0.4) is 0 Å². The molecule has 1 aliphatic rings. The lowest BCUT2D eigenvalue weighted by atomic mass is 9.85. The zero-order chi connectivity index (χ0) is 16.2. The Morgan fingerprint density at radius 1 is 1.36 bits per heavy atom. The van der Waals surface area contributed by atoms with Crippen molar-refractivity contribution >= 4 is 30.7 Å². The summed E-state index contributed by atoms with van der Waals surface area (Å²) < 4.78 is 1.96. The number of carbonyl (C=O) groups is 1. The third-order valence-electron chi connectivity index (χ3n) is 4.62. The van der Waals surface area contributed by atoms with E-state index in [0.29, 0.717) is 0 Å². The average Bonchev–Trinajstić information content (AvgIpc) is 3.09. The second-order valence-corrected chi connectivity index (χ2v) is 6.42. The molecule has 2 aromatic rings. The normalized spacial score (nSPS) is 20.7. The quantitative estimate of drug-likeness (QED) is 0.847. The Kier molecular flexibility index (Phi) is 8.42. The van der Waals surface area contributed by atoms with Crippen LogP contribution in [-0.2, 0) is 4.79 Å². The molecule has 1 aromatic carbocycles. The molecule has 0 radical (unpaired) electrons. The number of benzene rings is 1. The Hall–Kier alpha value is -1.56. The molecular weight excluding hydrogens is 359 g/mol. The monoisotopic (exact) mass is 384 g/mol. The molecule has 1 aliphatic carbocycles. The molecule has 1 fully saturated rings. The predicted octanol–water partition coefficient (Wildman–Crippen LogP) is 3.41. The van der Waals surface area contributed by atoms with Crippen LogP contribution in [0.25, 0.3) is 5.69 Å². The summed E-state index contributed by atoms with van der Waals surface area (Å²) >= 11 is 0. The molecule has 3 N–H and O–H groups in total. The number of nitrogens with zero attached hydrogens (tertiary/aromatic N) is 2. The summed E-state index contributed by atoms with van der Waals surface area (Å²) in [4.78, 5) is 16.5. The summed E-state index contributed by atoms with van der Waals surface area (Å²) in [5.74, 6) is 0.179. The van der Waals surface area contributed by atoms with E-state index in [2.05, 4.69) is 16.4 Å². The number of rotatable bonds is 4. The maximum absolute atomic E-state index is 12.5. The van der Waals surface area contributed by atoms with E-state index in [4.69, 9.17) is 5.73 Å². The molecule has 0 saturated heterocycles. The number of hydrogen-bond acceptors (Lipinski definition) is 3. The number of nitrogens with one attached hydrogen (secondary N) is 1. The lowest BCUT2D eigenvalue weighted by molar-refractivity contribution is -0.126. The molecule has 1 saturated carbocycles. The highest BCUT2D eigenvalue weighted by Gasteiger charge is 2.26. The van der Waals surface area contributed by atoms with Crippen LogP contribution < -0.4 is 11.1 Å². The lowest BCUT2D eigenvalue weighted by Gasteiger charge is -2.27. The van der Waals surface area contributed by atoms with Gasteiger partial charge in [0.1, 0.15) is 0 Å². The van der Waals surface area contributed by atoms with Crippen molar-refractivity contribution in [1.29, 1.82) is 0 Å². The Morgan fingerprint density at radius 2 is 2.16 bits per heavy atom. The van der Waals surface area contributed by atoms with Crippen LogP contribution in [0.5, 0.6) is 0 Å². The molecule has 0 spiro atoms. The van der Waals surface area contributed by atoms with Crippen LogP contribution in [0.1, 0.15) is 44.2 Å². The molecule has 0 bridgehead atoms. The van der Waals surface area contributed by atoms with Gasteiger partial charge in [0.2, 0.25) is 5.91 Å². The number of halogens is 2. The van der Waals surface area contributed by atoms with Crippen LogP contribution >= 0.6 is 24.8 Å². The van der Waals surface area contributed by atoms with E-state index in [9.17, 15) is 4.79 Å². The molecule has 3 rings (SSSR count). The molecule has 1 aromatic heterocycles. The fourth-order valence-corrected chi connectivity index (χ4v) is 3.25. The minimum atomic E-state index is -0.0240. The van der Waals surface area contributed by atoms with E-state index in [1.807, 2.05) is 35.9 Å². The van der Waals surface area contributed by atoms with E-state index < -0.39 is 0 Å². The predicted molar refractivity (Wildman–Crippen MR) is 105 cm³/mol. The van der Waals surface area contributed by atoms with Crippen molar-refractivity contribution in [1.82, 2.24) is 14.9 Å². The summed E-state index contributed by atoms with van der Waals surface area (Å²) in [5, 5.41) is 3.14. The van der Waals surface area contributed by atoms with Gasteiger partial charge < -0.3 is 15.6 Å². The van der Waals surface area contributed by atoms with E-state index in [1.165, 1.54) is 0 Å². The molecule has 3 atom stereocenters. The van der Waals surface area contributed by atoms with Crippen LogP contribution in [0, 0.1) is 5.92 Å². The van der Waals surface area contributed by atoms with Gasteiger partial charge in [0, 0.05) is 30.0 Å². The molecule has 5 nitrogen and oxygen atoms in total. The number of amides is 1. The number of hydrogen-bond donors (Lipinski definition) is 2. The van der Waals surface area contributed by atoms with E-state index in [1.54, 1.807) is 12.5 Å². The first-order valence-corrected chi connectivity index (χ1v) is 8.27. The highest BCUT2D eigenvalue weighted by Crippen LogP contribution is 2.24. The third-order valence-corrected chi connectivity index (χ3v) is 4.62. The highest BCUT2D eigenvalue weighted by molar-refractivity contribution is 5.85. The van der Waals surface area contributed by atoms with Gasteiger partial charge in [0.25, 0.3) is 0 Å². The van der Waals surface area contributed by atoms with Crippen molar-refractivity contribution in [2.45, 2.75) is 44.7 Å². The van der Waals surface area contributed by atoms with Gasteiger partial charge in [-0.2, -0.15) is 0 Å². The van der Waals surface area contributed by atoms with Gasteiger partial charge in [-0.1, -0.05) is 18.6 Å². The first-order chi connectivity index (χ1) is 11.1. The third kappa shape index (κ3) is 5.46. The van der Waals surface area contributed by atoms with Crippen LogP contribution in [0.2, 0.25) is 0 Å². The summed E-state index contributed by atoms with van der Waals surface area (Å²) in [6.45, 7) is 2.02. The summed E-state index contributed by atoms with van der Waals surface area (Å²) in [6, 6.07) is 8.30. The maximum atomic E-state index is 12.5. The van der Waals surface area contributed by atoms with E-state index >= 15 is 0 Å². The van der Waals surface area contributed by atoms with Crippen LogP contribution in [0.4, 0.5) is 0 Å². The van der Waals surface area contributed by atoms with Gasteiger partial charge >= 0.3 is 0 Å². The molecule has 0 aliphatic heterocycles. The van der Waals surface area contributed by atoms with Gasteiger partial charge in [0.05, 0.1) is 12.4 Å². The molecule has 1 amide bonds. The second kappa shape index (κ2) is 9.80. The Bertz CT molecular complexity index is 663. The van der Waals surface area contributed by atoms with Gasteiger partial charge in [-0.25, -0.2) is 4.98 Å². The summed E-state index contributed by atoms with van der Waals surface area (Å²) in [5.41, 5.74) is 8.12. The first kappa shape index (κ1) is 21.5. The molecule has 7 heteroatoms. The Balaban J connectivity index is 0.00000156. The molecule has 138 valence electrons. The fraction of sp³-hybridized carbons (Fsp3) is 0.444. The SMILES string of the molecule is CC(NC(=O)C1CCCC(N)C1)c1cccc(-n2ccnc2)c1.Cl.Cl. The van der Waals surface area contributed by atoms with Crippen LogP contribution in [-0.4, -0.2) is 21.5 Å². The number of imidazole rings is 1. The van der Waals surface area contributed by atoms with Gasteiger partial charge in [-0.05, 0) is 43.9 Å². The van der Waals surface area contributed by atoms with E-state index in [0.717, 1.165) is 36.9 Å². The summed E-state index contributed by atoms with van der Waals surface area (Å²) in [7, 11) is 0. The Labute approximate surface area is 161 Å².